The van der Waals surface area contributed by atoms with Crippen LogP contribution in [-0.2, 0) is 6.54 Å². The summed E-state index contributed by atoms with van der Waals surface area (Å²) in [6.07, 6.45) is 5.14. The van der Waals surface area contributed by atoms with Gasteiger partial charge in [0.15, 0.2) is 0 Å². The van der Waals surface area contributed by atoms with Crippen LogP contribution in [0.1, 0.15) is 31.2 Å². The number of aromatic nitrogens is 2. The van der Waals surface area contributed by atoms with E-state index < -0.39 is 0 Å². The van der Waals surface area contributed by atoms with Gasteiger partial charge in [-0.25, -0.2) is 9.37 Å². The number of benzene rings is 1. The van der Waals surface area contributed by atoms with Gasteiger partial charge < -0.3 is 10.3 Å². The van der Waals surface area contributed by atoms with Crippen LogP contribution in [0.5, 0.6) is 0 Å². The van der Waals surface area contributed by atoms with Gasteiger partial charge in [0.25, 0.3) is 0 Å². The summed E-state index contributed by atoms with van der Waals surface area (Å²) < 4.78 is 15.5. The molecule has 1 aromatic carbocycles. The SMILES string of the molecule is Cc1cc2c(cc1F)nc(N)n2CCCC1CC1. The van der Waals surface area contributed by atoms with Crippen LogP contribution in [0.4, 0.5) is 10.3 Å². The van der Waals surface area contributed by atoms with E-state index in [4.69, 9.17) is 5.73 Å². The van der Waals surface area contributed by atoms with Crippen LogP contribution in [0.2, 0.25) is 0 Å². The number of nitrogens with two attached hydrogens (primary N) is 1. The van der Waals surface area contributed by atoms with Gasteiger partial charge in [0.05, 0.1) is 11.0 Å². The maximum atomic E-state index is 13.5. The smallest absolute Gasteiger partial charge is 0.201 e. The molecule has 0 radical (unpaired) electrons. The van der Waals surface area contributed by atoms with E-state index in [0.29, 0.717) is 17.0 Å². The summed E-state index contributed by atoms with van der Waals surface area (Å²) in [7, 11) is 0. The van der Waals surface area contributed by atoms with Crippen molar-refractivity contribution in [1.82, 2.24) is 9.55 Å². The molecule has 1 fully saturated rings. The fourth-order valence-corrected chi connectivity index (χ4v) is 2.45. The van der Waals surface area contributed by atoms with Crippen LogP contribution in [0.25, 0.3) is 11.0 Å². The van der Waals surface area contributed by atoms with E-state index in [-0.39, 0.29) is 5.82 Å². The molecule has 2 aromatic rings. The van der Waals surface area contributed by atoms with Crippen LogP contribution >= 0.6 is 0 Å². The molecular formula is C14H18FN3. The lowest BCUT2D eigenvalue weighted by molar-refractivity contribution is 0.590. The zero-order valence-corrected chi connectivity index (χ0v) is 10.6. The molecule has 3 rings (SSSR count). The Morgan fingerprint density at radius 2 is 2.22 bits per heavy atom. The normalized spacial score (nSPS) is 15.4. The number of halogens is 1. The van der Waals surface area contributed by atoms with Crippen molar-refractivity contribution >= 4 is 17.0 Å². The van der Waals surface area contributed by atoms with Gasteiger partial charge in [-0.2, -0.15) is 0 Å². The average molecular weight is 247 g/mol. The summed E-state index contributed by atoms with van der Waals surface area (Å²) in [5, 5.41) is 0. The maximum Gasteiger partial charge on any atom is 0.201 e. The van der Waals surface area contributed by atoms with Crippen LogP contribution < -0.4 is 5.73 Å². The first-order valence-electron chi connectivity index (χ1n) is 6.57. The molecule has 96 valence electrons. The fraction of sp³-hybridized carbons (Fsp3) is 0.500. The third kappa shape index (κ3) is 2.07. The lowest BCUT2D eigenvalue weighted by Gasteiger charge is -2.06. The number of nitrogens with zero attached hydrogens (tertiary/aromatic N) is 2. The maximum absolute atomic E-state index is 13.5. The molecule has 0 unspecified atom stereocenters. The van der Waals surface area contributed by atoms with E-state index in [0.717, 1.165) is 24.4 Å². The monoisotopic (exact) mass is 247 g/mol. The van der Waals surface area contributed by atoms with E-state index in [1.807, 2.05) is 10.6 Å². The number of hydrogen-bond donors (Lipinski definition) is 1. The van der Waals surface area contributed by atoms with Crippen molar-refractivity contribution in [3.8, 4) is 0 Å². The number of fused-ring (bicyclic) bond motifs is 1. The molecule has 0 atom stereocenters. The molecule has 1 aromatic heterocycles. The molecule has 2 N–H and O–H groups in total. The largest absolute Gasteiger partial charge is 0.369 e. The highest BCUT2D eigenvalue weighted by Crippen LogP contribution is 2.34. The highest BCUT2D eigenvalue weighted by molar-refractivity contribution is 5.79. The molecule has 0 spiro atoms. The zero-order chi connectivity index (χ0) is 12.7. The molecule has 3 nitrogen and oxygen atoms in total. The first-order valence-corrected chi connectivity index (χ1v) is 6.57. The first-order chi connectivity index (χ1) is 8.65. The number of aryl methyl sites for hydroxylation is 2. The van der Waals surface area contributed by atoms with Gasteiger partial charge in [0, 0.05) is 12.6 Å². The van der Waals surface area contributed by atoms with Gasteiger partial charge in [-0.15, -0.1) is 0 Å². The van der Waals surface area contributed by atoms with Gasteiger partial charge in [0.1, 0.15) is 5.82 Å². The van der Waals surface area contributed by atoms with Gasteiger partial charge in [0.2, 0.25) is 5.95 Å². The Bertz CT molecular complexity index is 584. The average Bonchev–Trinajstić information content (AvgIpc) is 3.09. The van der Waals surface area contributed by atoms with Crippen molar-refractivity contribution in [2.24, 2.45) is 5.92 Å². The summed E-state index contributed by atoms with van der Waals surface area (Å²) in [4.78, 5) is 4.23. The van der Waals surface area contributed by atoms with Crippen molar-refractivity contribution in [3.63, 3.8) is 0 Å². The van der Waals surface area contributed by atoms with Crippen molar-refractivity contribution in [2.45, 2.75) is 39.2 Å². The molecular weight excluding hydrogens is 229 g/mol. The Kier molecular flexibility index (Phi) is 2.73. The standard InChI is InChI=1S/C14H18FN3/c1-9-7-13-12(8-11(9)15)17-14(16)18(13)6-2-3-10-4-5-10/h7-8,10H,2-6H2,1H3,(H2,16,17). The second kappa shape index (κ2) is 4.26. The highest BCUT2D eigenvalue weighted by Gasteiger charge is 2.20. The molecule has 4 heteroatoms. The number of nitrogen functional groups attached to an aromatic ring is 1. The first kappa shape index (κ1) is 11.5. The summed E-state index contributed by atoms with van der Waals surface area (Å²) in [6, 6.07) is 3.31. The van der Waals surface area contributed by atoms with E-state index in [1.54, 1.807) is 6.92 Å². The van der Waals surface area contributed by atoms with Crippen LogP contribution in [-0.4, -0.2) is 9.55 Å². The molecule has 1 aliphatic carbocycles. The van der Waals surface area contributed by atoms with Crippen LogP contribution in [0, 0.1) is 18.7 Å². The molecule has 1 aliphatic rings. The van der Waals surface area contributed by atoms with Gasteiger partial charge in [-0.05, 0) is 37.3 Å². The molecule has 0 bridgehead atoms. The Balaban J connectivity index is 1.88. The van der Waals surface area contributed by atoms with Crippen molar-refractivity contribution < 1.29 is 4.39 Å². The molecule has 0 saturated heterocycles. The quantitative estimate of drug-likeness (QED) is 0.901. The Morgan fingerprint density at radius 1 is 1.44 bits per heavy atom. The van der Waals surface area contributed by atoms with Crippen molar-refractivity contribution in [2.75, 3.05) is 5.73 Å². The second-order valence-electron chi connectivity index (χ2n) is 5.30. The summed E-state index contributed by atoms with van der Waals surface area (Å²) >= 11 is 0. The Morgan fingerprint density at radius 3 is 2.94 bits per heavy atom. The second-order valence-corrected chi connectivity index (χ2v) is 5.30. The molecule has 18 heavy (non-hydrogen) atoms. The zero-order valence-electron chi connectivity index (χ0n) is 10.6. The lowest BCUT2D eigenvalue weighted by atomic mass is 10.2. The Labute approximate surface area is 106 Å². The minimum absolute atomic E-state index is 0.217. The van der Waals surface area contributed by atoms with E-state index >= 15 is 0 Å². The number of hydrogen-bond acceptors (Lipinski definition) is 2. The topological polar surface area (TPSA) is 43.8 Å². The van der Waals surface area contributed by atoms with Crippen molar-refractivity contribution in [3.05, 3.63) is 23.5 Å². The van der Waals surface area contributed by atoms with Crippen LogP contribution in [0.3, 0.4) is 0 Å². The highest BCUT2D eigenvalue weighted by atomic mass is 19.1. The molecule has 0 aliphatic heterocycles. The molecule has 1 heterocycles. The van der Waals surface area contributed by atoms with Gasteiger partial charge in [-0.1, -0.05) is 12.8 Å². The number of imidazole rings is 1. The lowest BCUT2D eigenvalue weighted by Crippen LogP contribution is -2.03. The van der Waals surface area contributed by atoms with E-state index in [9.17, 15) is 4.39 Å². The van der Waals surface area contributed by atoms with E-state index in [2.05, 4.69) is 4.98 Å². The third-order valence-electron chi connectivity index (χ3n) is 3.75. The summed E-state index contributed by atoms with van der Waals surface area (Å²) in [5.41, 5.74) is 8.16. The molecule has 1 saturated carbocycles. The van der Waals surface area contributed by atoms with Crippen molar-refractivity contribution in [1.29, 1.82) is 0 Å². The predicted octanol–water partition coefficient (Wildman–Crippen LogP) is 3.26. The minimum atomic E-state index is -0.217. The number of anilines is 1. The predicted molar refractivity (Wildman–Crippen MR) is 70.8 cm³/mol. The van der Waals surface area contributed by atoms with Crippen LogP contribution in [0.15, 0.2) is 12.1 Å². The summed E-state index contributed by atoms with van der Waals surface area (Å²) in [5.74, 6) is 1.20. The minimum Gasteiger partial charge on any atom is -0.369 e. The fourth-order valence-electron chi connectivity index (χ4n) is 2.45. The van der Waals surface area contributed by atoms with E-state index in [1.165, 1.54) is 25.3 Å². The third-order valence-corrected chi connectivity index (χ3v) is 3.75. The number of rotatable bonds is 4. The Hall–Kier alpha value is -1.58. The van der Waals surface area contributed by atoms with Gasteiger partial charge in [-0.3, -0.25) is 0 Å². The summed E-state index contributed by atoms with van der Waals surface area (Å²) in [6.45, 7) is 2.65. The van der Waals surface area contributed by atoms with Gasteiger partial charge >= 0.3 is 0 Å². The molecule has 0 amide bonds.